The van der Waals surface area contributed by atoms with Gasteiger partial charge in [0.05, 0.1) is 6.04 Å². The van der Waals surface area contributed by atoms with Gasteiger partial charge in [-0.1, -0.05) is 53.0 Å². The number of halogens is 3. The van der Waals surface area contributed by atoms with Crippen LogP contribution in [0.4, 0.5) is 0 Å². The Morgan fingerprint density at radius 2 is 1.74 bits per heavy atom. The van der Waals surface area contributed by atoms with Crippen LogP contribution in [0.1, 0.15) is 17.2 Å². The first-order valence-electron chi connectivity index (χ1n) is 5.76. The van der Waals surface area contributed by atoms with E-state index < -0.39 is 0 Å². The van der Waals surface area contributed by atoms with Gasteiger partial charge in [0.15, 0.2) is 0 Å². The monoisotopic (exact) mass is 314 g/mol. The first-order valence-corrected chi connectivity index (χ1v) is 6.89. The second-order valence-corrected chi connectivity index (χ2v) is 5.43. The van der Waals surface area contributed by atoms with Gasteiger partial charge in [-0.2, -0.15) is 0 Å². The summed E-state index contributed by atoms with van der Waals surface area (Å²) in [7, 11) is 0. The molecule has 0 radical (unpaired) electrons. The van der Waals surface area contributed by atoms with E-state index in [9.17, 15) is 0 Å². The minimum atomic E-state index is -0.147. The minimum absolute atomic E-state index is 0.147. The SMILES string of the molecule is NNC(Cc1ccccc1Cl)c1cc(Cl)ccc1Cl. The molecule has 2 nitrogen and oxygen atoms in total. The Morgan fingerprint density at radius 3 is 2.42 bits per heavy atom. The van der Waals surface area contributed by atoms with E-state index >= 15 is 0 Å². The van der Waals surface area contributed by atoms with Gasteiger partial charge < -0.3 is 0 Å². The zero-order valence-electron chi connectivity index (χ0n) is 10.0. The van der Waals surface area contributed by atoms with Crippen LogP contribution in [-0.2, 0) is 6.42 Å². The zero-order valence-corrected chi connectivity index (χ0v) is 12.3. The smallest absolute Gasteiger partial charge is 0.0516 e. The standard InChI is InChI=1S/C14H13Cl3N2/c15-10-5-6-13(17)11(8-10)14(19-18)7-9-3-1-2-4-12(9)16/h1-6,8,14,19H,7,18H2. The molecule has 2 rings (SSSR count). The van der Waals surface area contributed by atoms with Crippen LogP contribution in [0.3, 0.4) is 0 Å². The second-order valence-electron chi connectivity index (χ2n) is 4.18. The summed E-state index contributed by atoms with van der Waals surface area (Å²) in [5.41, 5.74) is 4.62. The summed E-state index contributed by atoms with van der Waals surface area (Å²) in [5.74, 6) is 5.63. The minimum Gasteiger partial charge on any atom is -0.271 e. The van der Waals surface area contributed by atoms with Crippen LogP contribution in [0.15, 0.2) is 42.5 Å². The van der Waals surface area contributed by atoms with Gasteiger partial charge in [-0.15, -0.1) is 0 Å². The maximum Gasteiger partial charge on any atom is 0.0516 e. The molecule has 2 aromatic carbocycles. The lowest BCUT2D eigenvalue weighted by atomic mass is 9.99. The third-order valence-corrected chi connectivity index (χ3v) is 3.86. The first kappa shape index (κ1) is 14.6. The van der Waals surface area contributed by atoms with E-state index in [2.05, 4.69) is 5.43 Å². The van der Waals surface area contributed by atoms with Crippen LogP contribution >= 0.6 is 34.8 Å². The molecule has 0 saturated heterocycles. The largest absolute Gasteiger partial charge is 0.271 e. The maximum atomic E-state index is 6.19. The van der Waals surface area contributed by atoms with E-state index in [1.54, 1.807) is 12.1 Å². The second kappa shape index (κ2) is 6.60. The van der Waals surface area contributed by atoms with Crippen molar-refractivity contribution in [2.45, 2.75) is 12.5 Å². The molecule has 0 saturated carbocycles. The summed E-state index contributed by atoms with van der Waals surface area (Å²) in [4.78, 5) is 0. The third kappa shape index (κ3) is 3.62. The van der Waals surface area contributed by atoms with E-state index in [1.165, 1.54) is 0 Å². The van der Waals surface area contributed by atoms with Crippen molar-refractivity contribution in [1.29, 1.82) is 0 Å². The van der Waals surface area contributed by atoms with Crippen LogP contribution in [0.2, 0.25) is 15.1 Å². The molecule has 0 bridgehead atoms. The molecule has 0 fully saturated rings. The van der Waals surface area contributed by atoms with Gasteiger partial charge in [-0.05, 0) is 41.8 Å². The Bertz CT molecular complexity index is 572. The van der Waals surface area contributed by atoms with Crippen LogP contribution in [0.25, 0.3) is 0 Å². The fourth-order valence-corrected chi connectivity index (χ4v) is 2.57. The molecule has 0 heterocycles. The van der Waals surface area contributed by atoms with E-state index in [1.807, 2.05) is 30.3 Å². The predicted octanol–water partition coefficient (Wildman–Crippen LogP) is 4.39. The highest BCUT2D eigenvalue weighted by molar-refractivity contribution is 6.33. The lowest BCUT2D eigenvalue weighted by Gasteiger charge is -2.18. The molecule has 5 heteroatoms. The fraction of sp³-hybridized carbons (Fsp3) is 0.143. The maximum absolute atomic E-state index is 6.19. The Labute approximate surface area is 127 Å². The van der Waals surface area contributed by atoms with Crippen LogP contribution < -0.4 is 11.3 Å². The van der Waals surface area contributed by atoms with Crippen molar-refractivity contribution in [3.05, 3.63) is 68.7 Å². The van der Waals surface area contributed by atoms with E-state index in [4.69, 9.17) is 40.6 Å². The van der Waals surface area contributed by atoms with Crippen LogP contribution in [-0.4, -0.2) is 0 Å². The van der Waals surface area contributed by atoms with Crippen LogP contribution in [0.5, 0.6) is 0 Å². The van der Waals surface area contributed by atoms with Crippen molar-refractivity contribution in [3.63, 3.8) is 0 Å². The topological polar surface area (TPSA) is 38.0 Å². The average Bonchev–Trinajstić information content (AvgIpc) is 2.41. The number of hydrogen-bond acceptors (Lipinski definition) is 2. The van der Waals surface area contributed by atoms with Gasteiger partial charge in [-0.25, -0.2) is 0 Å². The van der Waals surface area contributed by atoms with Gasteiger partial charge in [0.2, 0.25) is 0 Å². The molecule has 100 valence electrons. The summed E-state index contributed by atoms with van der Waals surface area (Å²) < 4.78 is 0. The molecular weight excluding hydrogens is 303 g/mol. The van der Waals surface area contributed by atoms with Crippen molar-refractivity contribution in [1.82, 2.24) is 5.43 Å². The predicted molar refractivity (Wildman–Crippen MR) is 81.7 cm³/mol. The van der Waals surface area contributed by atoms with Crippen molar-refractivity contribution in [3.8, 4) is 0 Å². The zero-order chi connectivity index (χ0) is 13.8. The number of rotatable bonds is 4. The van der Waals surface area contributed by atoms with Crippen molar-refractivity contribution >= 4 is 34.8 Å². The molecule has 0 aliphatic rings. The molecule has 19 heavy (non-hydrogen) atoms. The van der Waals surface area contributed by atoms with Gasteiger partial charge in [-0.3, -0.25) is 11.3 Å². The van der Waals surface area contributed by atoms with Crippen molar-refractivity contribution in [2.24, 2.45) is 5.84 Å². The van der Waals surface area contributed by atoms with E-state index in [0.717, 1.165) is 11.1 Å². The molecule has 0 aromatic heterocycles. The third-order valence-electron chi connectivity index (χ3n) is 2.92. The first-order chi connectivity index (χ1) is 9.11. The van der Waals surface area contributed by atoms with Gasteiger partial charge >= 0.3 is 0 Å². The van der Waals surface area contributed by atoms with E-state index in [0.29, 0.717) is 21.5 Å². The molecule has 1 unspecified atom stereocenters. The quantitative estimate of drug-likeness (QED) is 0.648. The number of hydrazine groups is 1. The lowest BCUT2D eigenvalue weighted by molar-refractivity contribution is 0.552. The average molecular weight is 316 g/mol. The molecule has 1 atom stereocenters. The summed E-state index contributed by atoms with van der Waals surface area (Å²) in [6.45, 7) is 0. The summed E-state index contributed by atoms with van der Waals surface area (Å²) in [6.07, 6.45) is 0.635. The highest BCUT2D eigenvalue weighted by atomic mass is 35.5. The molecule has 0 spiro atoms. The molecule has 3 N–H and O–H groups in total. The number of benzene rings is 2. The molecule has 0 aliphatic carbocycles. The fourth-order valence-electron chi connectivity index (χ4n) is 1.92. The Hall–Kier alpha value is -0.770. The highest BCUT2D eigenvalue weighted by Gasteiger charge is 2.15. The molecular formula is C14H13Cl3N2. The van der Waals surface area contributed by atoms with Crippen LogP contribution in [0, 0.1) is 0 Å². The van der Waals surface area contributed by atoms with Crippen molar-refractivity contribution < 1.29 is 0 Å². The molecule has 0 aliphatic heterocycles. The summed E-state index contributed by atoms with van der Waals surface area (Å²) >= 11 is 18.3. The van der Waals surface area contributed by atoms with E-state index in [-0.39, 0.29) is 6.04 Å². The van der Waals surface area contributed by atoms with Gasteiger partial charge in [0.1, 0.15) is 0 Å². The Morgan fingerprint density at radius 1 is 1.00 bits per heavy atom. The van der Waals surface area contributed by atoms with Gasteiger partial charge in [0.25, 0.3) is 0 Å². The Balaban J connectivity index is 2.30. The summed E-state index contributed by atoms with van der Waals surface area (Å²) in [6, 6.07) is 12.8. The van der Waals surface area contributed by atoms with Gasteiger partial charge in [0, 0.05) is 15.1 Å². The number of nitrogens with two attached hydrogens (primary N) is 1. The Kier molecular flexibility index (Phi) is 5.08. The number of hydrogen-bond donors (Lipinski definition) is 2. The summed E-state index contributed by atoms with van der Waals surface area (Å²) in [5, 5.41) is 1.96. The lowest BCUT2D eigenvalue weighted by Crippen LogP contribution is -2.29. The van der Waals surface area contributed by atoms with Crippen molar-refractivity contribution in [2.75, 3.05) is 0 Å². The highest BCUT2D eigenvalue weighted by Crippen LogP contribution is 2.29. The number of nitrogens with one attached hydrogen (secondary N) is 1. The normalized spacial score (nSPS) is 12.4. The molecule has 2 aromatic rings. The molecule has 0 amide bonds.